The van der Waals surface area contributed by atoms with Crippen LogP contribution < -0.4 is 10.1 Å². The molecule has 104 valence electrons. The van der Waals surface area contributed by atoms with Crippen LogP contribution in [-0.2, 0) is 0 Å². The average Bonchev–Trinajstić information content (AvgIpc) is 2.88. The van der Waals surface area contributed by atoms with Gasteiger partial charge >= 0.3 is 0 Å². The first-order chi connectivity index (χ1) is 9.78. The molecule has 0 aromatic heterocycles. The second-order valence-corrected chi connectivity index (χ2v) is 5.08. The predicted molar refractivity (Wildman–Crippen MR) is 77.2 cm³/mol. The van der Waals surface area contributed by atoms with Crippen LogP contribution in [0.2, 0.25) is 0 Å². The van der Waals surface area contributed by atoms with Crippen molar-refractivity contribution >= 4 is 0 Å². The Morgan fingerprint density at radius 1 is 1.25 bits per heavy atom. The third-order valence-electron chi connectivity index (χ3n) is 3.76. The number of fused-ring (bicyclic) bond motifs is 1. The van der Waals surface area contributed by atoms with Gasteiger partial charge in [-0.25, -0.2) is 4.39 Å². The summed E-state index contributed by atoms with van der Waals surface area (Å²) < 4.78 is 19.0. The zero-order valence-corrected chi connectivity index (χ0v) is 11.5. The van der Waals surface area contributed by atoms with Crippen LogP contribution in [0.4, 0.5) is 4.39 Å². The van der Waals surface area contributed by atoms with Crippen LogP contribution in [0.1, 0.15) is 36.6 Å². The Labute approximate surface area is 118 Å². The van der Waals surface area contributed by atoms with E-state index in [1.165, 1.54) is 11.6 Å². The molecule has 2 aromatic carbocycles. The average molecular weight is 271 g/mol. The predicted octanol–water partition coefficient (Wildman–Crippen LogP) is 4.00. The van der Waals surface area contributed by atoms with Crippen molar-refractivity contribution in [2.24, 2.45) is 0 Å². The summed E-state index contributed by atoms with van der Waals surface area (Å²) in [7, 11) is 0. The van der Waals surface area contributed by atoms with Crippen molar-refractivity contribution in [1.82, 2.24) is 5.32 Å². The van der Waals surface area contributed by atoms with E-state index in [9.17, 15) is 4.39 Å². The number of para-hydroxylation sites is 1. The summed E-state index contributed by atoms with van der Waals surface area (Å²) in [5, 5.41) is 3.57. The molecule has 1 aliphatic rings. The molecule has 0 saturated carbocycles. The molecule has 1 heterocycles. The minimum atomic E-state index is -0.189. The third kappa shape index (κ3) is 2.54. The topological polar surface area (TPSA) is 21.3 Å². The first-order valence-corrected chi connectivity index (χ1v) is 7.01. The van der Waals surface area contributed by atoms with Gasteiger partial charge in [-0.2, -0.15) is 0 Å². The number of rotatable bonds is 4. The van der Waals surface area contributed by atoms with Gasteiger partial charge in [0.05, 0.1) is 6.04 Å². The third-order valence-corrected chi connectivity index (χ3v) is 3.76. The maximum Gasteiger partial charge on any atom is 0.124 e. The van der Waals surface area contributed by atoms with Crippen LogP contribution in [0.3, 0.4) is 0 Å². The van der Waals surface area contributed by atoms with Crippen molar-refractivity contribution in [3.8, 4) is 5.75 Å². The summed E-state index contributed by atoms with van der Waals surface area (Å²) in [5.41, 5.74) is 2.17. The van der Waals surface area contributed by atoms with E-state index in [0.717, 1.165) is 17.7 Å². The molecular formula is C17H18FNO. The van der Waals surface area contributed by atoms with E-state index in [0.29, 0.717) is 6.61 Å². The van der Waals surface area contributed by atoms with Crippen LogP contribution in [0.15, 0.2) is 48.5 Å². The number of nitrogens with one attached hydrogen (secondary N) is 1. The van der Waals surface area contributed by atoms with Gasteiger partial charge in [-0.15, -0.1) is 0 Å². The van der Waals surface area contributed by atoms with E-state index >= 15 is 0 Å². The van der Waals surface area contributed by atoms with Crippen LogP contribution in [0, 0.1) is 5.82 Å². The minimum Gasteiger partial charge on any atom is -0.491 e. The number of halogens is 1. The maximum absolute atomic E-state index is 13.4. The fourth-order valence-corrected chi connectivity index (χ4v) is 2.72. The summed E-state index contributed by atoms with van der Waals surface area (Å²) in [4.78, 5) is 0. The normalized spacial score (nSPS) is 18.4. The van der Waals surface area contributed by atoms with Gasteiger partial charge in [0.25, 0.3) is 0 Å². The van der Waals surface area contributed by atoms with Gasteiger partial charge in [-0.1, -0.05) is 37.3 Å². The monoisotopic (exact) mass is 271 g/mol. The zero-order chi connectivity index (χ0) is 13.9. The Balaban J connectivity index is 1.80. The summed E-state index contributed by atoms with van der Waals surface area (Å²) in [6, 6.07) is 15.2. The molecule has 0 fully saturated rings. The molecule has 0 radical (unpaired) electrons. The van der Waals surface area contributed by atoms with Crippen molar-refractivity contribution < 1.29 is 9.13 Å². The van der Waals surface area contributed by atoms with Gasteiger partial charge in [0.2, 0.25) is 0 Å². The summed E-state index contributed by atoms with van der Waals surface area (Å²) in [6.45, 7) is 2.73. The Bertz CT molecular complexity index is 599. The van der Waals surface area contributed by atoms with Gasteiger partial charge in [0.15, 0.2) is 0 Å². The molecule has 20 heavy (non-hydrogen) atoms. The quantitative estimate of drug-likeness (QED) is 0.907. The van der Waals surface area contributed by atoms with Gasteiger partial charge in [0, 0.05) is 11.6 Å². The standard InChI is InChI=1S/C17H18FNO/c1-2-15(12-6-5-7-13(18)10-12)19-16-11-20-17-9-4-3-8-14(16)17/h3-10,15-16,19H,2,11H2,1H3. The first kappa shape index (κ1) is 13.1. The highest BCUT2D eigenvalue weighted by molar-refractivity contribution is 5.39. The Morgan fingerprint density at radius 3 is 2.90 bits per heavy atom. The molecule has 1 aliphatic heterocycles. The van der Waals surface area contributed by atoms with E-state index < -0.39 is 0 Å². The largest absolute Gasteiger partial charge is 0.491 e. The lowest BCUT2D eigenvalue weighted by Gasteiger charge is -2.21. The molecule has 1 N–H and O–H groups in total. The molecular weight excluding hydrogens is 253 g/mol. The van der Waals surface area contributed by atoms with E-state index in [1.54, 1.807) is 12.1 Å². The van der Waals surface area contributed by atoms with Crippen molar-refractivity contribution in [2.75, 3.05) is 6.61 Å². The van der Waals surface area contributed by atoms with E-state index in [4.69, 9.17) is 4.74 Å². The molecule has 0 bridgehead atoms. The van der Waals surface area contributed by atoms with Crippen LogP contribution in [0.25, 0.3) is 0 Å². The second-order valence-electron chi connectivity index (χ2n) is 5.08. The van der Waals surface area contributed by atoms with Gasteiger partial charge in [0.1, 0.15) is 18.2 Å². The lowest BCUT2D eigenvalue weighted by atomic mass is 10.0. The van der Waals surface area contributed by atoms with Crippen molar-refractivity contribution in [3.05, 3.63) is 65.5 Å². The molecule has 0 amide bonds. The minimum absolute atomic E-state index is 0.130. The fraction of sp³-hybridized carbons (Fsp3) is 0.294. The molecule has 2 nitrogen and oxygen atoms in total. The number of ether oxygens (including phenoxy) is 1. The molecule has 3 rings (SSSR count). The Morgan fingerprint density at radius 2 is 2.10 bits per heavy atom. The number of hydrogen-bond acceptors (Lipinski definition) is 2. The first-order valence-electron chi connectivity index (χ1n) is 7.01. The highest BCUT2D eigenvalue weighted by Gasteiger charge is 2.25. The highest BCUT2D eigenvalue weighted by Crippen LogP contribution is 2.34. The van der Waals surface area contributed by atoms with Crippen molar-refractivity contribution in [3.63, 3.8) is 0 Å². The van der Waals surface area contributed by atoms with Gasteiger partial charge in [-0.05, 0) is 30.2 Å². The molecule has 0 aliphatic carbocycles. The zero-order valence-electron chi connectivity index (χ0n) is 11.5. The molecule has 3 heteroatoms. The van der Waals surface area contributed by atoms with Crippen LogP contribution in [-0.4, -0.2) is 6.61 Å². The summed E-state index contributed by atoms with van der Waals surface area (Å²) in [5.74, 6) is 0.755. The van der Waals surface area contributed by atoms with Crippen molar-refractivity contribution in [1.29, 1.82) is 0 Å². The van der Waals surface area contributed by atoms with Crippen LogP contribution in [0.5, 0.6) is 5.75 Å². The lowest BCUT2D eigenvalue weighted by Crippen LogP contribution is -2.27. The van der Waals surface area contributed by atoms with E-state index in [1.807, 2.05) is 24.3 Å². The summed E-state index contributed by atoms with van der Waals surface area (Å²) in [6.07, 6.45) is 0.905. The summed E-state index contributed by atoms with van der Waals surface area (Å²) >= 11 is 0. The lowest BCUT2D eigenvalue weighted by molar-refractivity contribution is 0.295. The van der Waals surface area contributed by atoms with Gasteiger partial charge < -0.3 is 10.1 Å². The second kappa shape index (κ2) is 5.63. The SMILES string of the molecule is CCC(NC1COc2ccccc21)c1cccc(F)c1. The van der Waals surface area contributed by atoms with Crippen molar-refractivity contribution in [2.45, 2.75) is 25.4 Å². The highest BCUT2D eigenvalue weighted by atomic mass is 19.1. The number of hydrogen-bond donors (Lipinski definition) is 1. The van der Waals surface area contributed by atoms with Gasteiger partial charge in [-0.3, -0.25) is 0 Å². The number of benzene rings is 2. The fourth-order valence-electron chi connectivity index (χ4n) is 2.72. The molecule has 0 saturated heterocycles. The molecule has 2 unspecified atom stereocenters. The molecule has 2 aromatic rings. The molecule has 0 spiro atoms. The Hall–Kier alpha value is -1.87. The molecule has 2 atom stereocenters. The van der Waals surface area contributed by atoms with Crippen LogP contribution >= 0.6 is 0 Å². The smallest absolute Gasteiger partial charge is 0.124 e. The Kier molecular flexibility index (Phi) is 3.70. The van der Waals surface area contributed by atoms with E-state index in [2.05, 4.69) is 18.3 Å². The van der Waals surface area contributed by atoms with E-state index in [-0.39, 0.29) is 17.9 Å². The maximum atomic E-state index is 13.4.